The van der Waals surface area contributed by atoms with Crippen LogP contribution in [0.1, 0.15) is 25.8 Å². The molecule has 0 fully saturated rings. The standard InChI is InChI=1S/C14H18FNO3/c1-9(13(17)16-10(2)14(18)19)7-8-11-5-3-4-6-12(11)15/h3-6,9-10H,7-8H2,1-2H3,(H,16,17)(H,18,19)/t9-,10-/m1/s1. The van der Waals surface area contributed by atoms with Crippen LogP contribution in [0.5, 0.6) is 0 Å². The van der Waals surface area contributed by atoms with Crippen LogP contribution in [0.25, 0.3) is 0 Å². The Morgan fingerprint density at radius 3 is 2.53 bits per heavy atom. The van der Waals surface area contributed by atoms with Gasteiger partial charge >= 0.3 is 5.97 Å². The molecule has 1 amide bonds. The highest BCUT2D eigenvalue weighted by atomic mass is 19.1. The third-order valence-corrected chi connectivity index (χ3v) is 2.98. The van der Waals surface area contributed by atoms with E-state index >= 15 is 0 Å². The molecule has 0 saturated heterocycles. The third kappa shape index (κ3) is 4.69. The van der Waals surface area contributed by atoms with Crippen LogP contribution in [0, 0.1) is 11.7 Å². The lowest BCUT2D eigenvalue weighted by atomic mass is 10.00. The summed E-state index contributed by atoms with van der Waals surface area (Å²) in [5.41, 5.74) is 0.563. The van der Waals surface area contributed by atoms with Crippen LogP contribution in [0.2, 0.25) is 0 Å². The predicted molar refractivity (Wildman–Crippen MR) is 69.1 cm³/mol. The van der Waals surface area contributed by atoms with E-state index < -0.39 is 12.0 Å². The van der Waals surface area contributed by atoms with E-state index in [1.807, 2.05) is 0 Å². The van der Waals surface area contributed by atoms with E-state index in [-0.39, 0.29) is 17.6 Å². The van der Waals surface area contributed by atoms with Crippen molar-refractivity contribution in [2.45, 2.75) is 32.7 Å². The van der Waals surface area contributed by atoms with Gasteiger partial charge in [-0.2, -0.15) is 0 Å². The molecule has 5 heteroatoms. The van der Waals surface area contributed by atoms with Gasteiger partial charge in [-0.15, -0.1) is 0 Å². The number of aliphatic carboxylic acids is 1. The maximum absolute atomic E-state index is 13.4. The first-order valence-electron chi connectivity index (χ1n) is 6.18. The van der Waals surface area contributed by atoms with Gasteiger partial charge in [0.1, 0.15) is 11.9 Å². The SMILES string of the molecule is C[C@H](CCc1ccccc1F)C(=O)N[C@H](C)C(=O)O. The molecule has 0 spiro atoms. The fourth-order valence-corrected chi connectivity index (χ4v) is 1.62. The molecule has 0 unspecified atom stereocenters. The van der Waals surface area contributed by atoms with Crippen molar-refractivity contribution >= 4 is 11.9 Å². The van der Waals surface area contributed by atoms with Crippen molar-refractivity contribution in [3.05, 3.63) is 35.6 Å². The summed E-state index contributed by atoms with van der Waals surface area (Å²) in [6, 6.07) is 5.51. The van der Waals surface area contributed by atoms with Crippen LogP contribution in [0.15, 0.2) is 24.3 Å². The Bertz CT molecular complexity index is 462. The summed E-state index contributed by atoms with van der Waals surface area (Å²) in [5, 5.41) is 11.1. The Hall–Kier alpha value is -1.91. The lowest BCUT2D eigenvalue weighted by molar-refractivity contribution is -0.141. The highest BCUT2D eigenvalue weighted by Crippen LogP contribution is 2.13. The molecule has 0 saturated carbocycles. The smallest absolute Gasteiger partial charge is 0.325 e. The van der Waals surface area contributed by atoms with Crippen LogP contribution >= 0.6 is 0 Å². The number of carbonyl (C=O) groups excluding carboxylic acids is 1. The highest BCUT2D eigenvalue weighted by Gasteiger charge is 2.19. The van der Waals surface area contributed by atoms with Crippen LogP contribution < -0.4 is 5.32 Å². The summed E-state index contributed by atoms with van der Waals surface area (Å²) in [6.45, 7) is 3.11. The second-order valence-electron chi connectivity index (χ2n) is 4.60. The zero-order valence-electron chi connectivity index (χ0n) is 11.0. The number of carbonyl (C=O) groups is 2. The van der Waals surface area contributed by atoms with E-state index in [4.69, 9.17) is 5.11 Å². The van der Waals surface area contributed by atoms with Gasteiger partial charge in [0, 0.05) is 5.92 Å². The molecule has 19 heavy (non-hydrogen) atoms. The van der Waals surface area contributed by atoms with Gasteiger partial charge in [0.05, 0.1) is 0 Å². The molecule has 0 aromatic heterocycles. The molecule has 0 aliphatic rings. The monoisotopic (exact) mass is 267 g/mol. The molecule has 2 N–H and O–H groups in total. The summed E-state index contributed by atoms with van der Waals surface area (Å²) in [5.74, 6) is -2.05. The number of carboxylic acid groups (broad SMARTS) is 1. The molecule has 0 bridgehead atoms. The quantitative estimate of drug-likeness (QED) is 0.828. The summed E-state index contributed by atoms with van der Waals surface area (Å²) in [4.78, 5) is 22.3. The Morgan fingerprint density at radius 1 is 1.32 bits per heavy atom. The average molecular weight is 267 g/mol. The first kappa shape index (κ1) is 15.1. The molecular weight excluding hydrogens is 249 g/mol. The first-order chi connectivity index (χ1) is 8.91. The fraction of sp³-hybridized carbons (Fsp3) is 0.429. The van der Waals surface area contributed by atoms with E-state index in [2.05, 4.69) is 5.32 Å². The van der Waals surface area contributed by atoms with Gasteiger partial charge in [0.15, 0.2) is 0 Å². The Kier molecular flexibility index (Phi) is 5.48. The van der Waals surface area contributed by atoms with E-state index in [9.17, 15) is 14.0 Å². The minimum absolute atomic E-state index is 0.283. The van der Waals surface area contributed by atoms with Crippen molar-refractivity contribution in [1.29, 1.82) is 0 Å². The van der Waals surface area contributed by atoms with E-state index in [1.165, 1.54) is 13.0 Å². The molecule has 1 aromatic carbocycles. The van der Waals surface area contributed by atoms with Crippen molar-refractivity contribution in [2.75, 3.05) is 0 Å². The van der Waals surface area contributed by atoms with Crippen molar-refractivity contribution in [3.8, 4) is 0 Å². The molecule has 0 aliphatic heterocycles. The van der Waals surface area contributed by atoms with Crippen molar-refractivity contribution in [2.24, 2.45) is 5.92 Å². The second-order valence-corrected chi connectivity index (χ2v) is 4.60. The minimum Gasteiger partial charge on any atom is -0.480 e. The molecule has 2 atom stereocenters. The van der Waals surface area contributed by atoms with Gasteiger partial charge in [0.2, 0.25) is 5.91 Å². The zero-order valence-corrected chi connectivity index (χ0v) is 11.0. The lowest BCUT2D eigenvalue weighted by Crippen LogP contribution is -2.41. The lowest BCUT2D eigenvalue weighted by Gasteiger charge is -2.14. The Balaban J connectivity index is 2.47. The second kappa shape index (κ2) is 6.87. The molecule has 1 aromatic rings. The molecule has 0 heterocycles. The molecule has 104 valence electrons. The van der Waals surface area contributed by atoms with Gasteiger partial charge in [-0.25, -0.2) is 4.39 Å². The first-order valence-corrected chi connectivity index (χ1v) is 6.18. The highest BCUT2D eigenvalue weighted by molar-refractivity contribution is 5.84. The van der Waals surface area contributed by atoms with Gasteiger partial charge in [-0.05, 0) is 31.4 Å². The molecule has 0 aliphatic carbocycles. The van der Waals surface area contributed by atoms with Crippen molar-refractivity contribution < 1.29 is 19.1 Å². The van der Waals surface area contributed by atoms with Crippen LogP contribution in [0.4, 0.5) is 4.39 Å². The topological polar surface area (TPSA) is 66.4 Å². The number of nitrogens with one attached hydrogen (secondary N) is 1. The molecule has 4 nitrogen and oxygen atoms in total. The van der Waals surface area contributed by atoms with Gasteiger partial charge in [-0.3, -0.25) is 9.59 Å². The largest absolute Gasteiger partial charge is 0.480 e. The zero-order chi connectivity index (χ0) is 14.4. The van der Waals surface area contributed by atoms with Gasteiger partial charge in [-0.1, -0.05) is 25.1 Å². The molecule has 0 radical (unpaired) electrons. The number of carboxylic acids is 1. The number of rotatable bonds is 6. The Labute approximate surface area is 111 Å². The summed E-state index contributed by atoms with van der Waals surface area (Å²) in [7, 11) is 0. The maximum atomic E-state index is 13.4. The predicted octanol–water partition coefficient (Wildman–Crippen LogP) is 1.98. The number of benzene rings is 1. The summed E-state index contributed by atoms with van der Waals surface area (Å²) < 4.78 is 13.4. The maximum Gasteiger partial charge on any atom is 0.325 e. The summed E-state index contributed by atoms with van der Waals surface area (Å²) >= 11 is 0. The van der Waals surface area contributed by atoms with E-state index in [0.717, 1.165) is 0 Å². The van der Waals surface area contributed by atoms with Gasteiger partial charge < -0.3 is 10.4 Å². The number of aryl methyl sites for hydroxylation is 1. The molecular formula is C14H18FNO3. The number of hydrogen-bond donors (Lipinski definition) is 2. The fourth-order valence-electron chi connectivity index (χ4n) is 1.62. The summed E-state index contributed by atoms with van der Waals surface area (Å²) in [6.07, 6.45) is 0.918. The molecule has 1 rings (SSSR count). The number of hydrogen-bond acceptors (Lipinski definition) is 2. The van der Waals surface area contributed by atoms with Crippen LogP contribution in [0.3, 0.4) is 0 Å². The normalized spacial score (nSPS) is 13.6. The van der Waals surface area contributed by atoms with Crippen molar-refractivity contribution in [1.82, 2.24) is 5.32 Å². The third-order valence-electron chi connectivity index (χ3n) is 2.98. The Morgan fingerprint density at radius 2 is 1.95 bits per heavy atom. The minimum atomic E-state index is -1.07. The van der Waals surface area contributed by atoms with E-state index in [0.29, 0.717) is 18.4 Å². The van der Waals surface area contributed by atoms with Gasteiger partial charge in [0.25, 0.3) is 0 Å². The number of halogens is 1. The van der Waals surface area contributed by atoms with Crippen molar-refractivity contribution in [3.63, 3.8) is 0 Å². The van der Waals surface area contributed by atoms with Crippen LogP contribution in [-0.4, -0.2) is 23.0 Å². The van der Waals surface area contributed by atoms with E-state index in [1.54, 1.807) is 25.1 Å². The van der Waals surface area contributed by atoms with Crippen LogP contribution in [-0.2, 0) is 16.0 Å². The average Bonchev–Trinajstić information content (AvgIpc) is 2.37. The number of amides is 1.